The summed E-state index contributed by atoms with van der Waals surface area (Å²) in [5.41, 5.74) is -0.539. The molecule has 4 heteroatoms. The van der Waals surface area contributed by atoms with Gasteiger partial charge in [0.2, 0.25) is 0 Å². The number of ether oxygens (including phenoxy) is 1. The van der Waals surface area contributed by atoms with Crippen LogP contribution in [0.4, 0.5) is 5.69 Å². The van der Waals surface area contributed by atoms with Crippen LogP contribution in [-0.2, 0) is 0 Å². The molecule has 0 unspecified atom stereocenters. The quantitative estimate of drug-likeness (QED) is 0.238. The van der Waals surface area contributed by atoms with Crippen LogP contribution in [0.25, 0.3) is 0 Å². The lowest BCUT2D eigenvalue weighted by Gasteiger charge is -2.12. The highest BCUT2D eigenvalue weighted by Gasteiger charge is 2.21. The summed E-state index contributed by atoms with van der Waals surface area (Å²) in [4.78, 5) is 22.8. The maximum absolute atomic E-state index is 11.5. The Bertz CT molecular complexity index is 546. The van der Waals surface area contributed by atoms with Gasteiger partial charge in [-0.05, 0) is 13.3 Å². The van der Waals surface area contributed by atoms with Crippen molar-refractivity contribution >= 4 is 5.69 Å². The predicted molar refractivity (Wildman–Crippen MR) is 116 cm³/mol. The molecule has 0 aliphatic carbocycles. The molecule has 0 bridgehead atoms. The molecule has 1 aromatic rings. The van der Waals surface area contributed by atoms with Crippen LogP contribution in [0.2, 0.25) is 0 Å². The van der Waals surface area contributed by atoms with Crippen LogP contribution >= 0.6 is 0 Å². The largest absolute Gasteiger partial charge is 0.488 e. The summed E-state index contributed by atoms with van der Waals surface area (Å²) in [6, 6.07) is 0. The van der Waals surface area contributed by atoms with E-state index in [1.165, 1.54) is 89.9 Å². The van der Waals surface area contributed by atoms with Gasteiger partial charge in [-0.1, -0.05) is 96.8 Å². The van der Waals surface area contributed by atoms with Gasteiger partial charge in [-0.15, -0.1) is 0 Å². The average molecular weight is 380 g/mol. The molecular formula is C23H41NO3. The number of nitrogens with one attached hydrogen (secondary N) is 1. The van der Waals surface area contributed by atoms with Gasteiger partial charge in [-0.25, -0.2) is 0 Å². The first kappa shape index (κ1) is 23.7. The Morgan fingerprint density at radius 2 is 1.07 bits per heavy atom. The Hall–Kier alpha value is -1.32. The monoisotopic (exact) mass is 379 g/mol. The number of rotatable bonds is 19. The van der Waals surface area contributed by atoms with Gasteiger partial charge in [0.15, 0.2) is 5.75 Å². The van der Waals surface area contributed by atoms with Crippen LogP contribution in [0.3, 0.4) is 0 Å². The molecule has 1 N–H and O–H groups in total. The van der Waals surface area contributed by atoms with Gasteiger partial charge in [0, 0.05) is 6.54 Å². The zero-order chi connectivity index (χ0) is 19.7. The van der Waals surface area contributed by atoms with E-state index in [-0.39, 0.29) is 5.75 Å². The molecule has 0 atom stereocenters. The zero-order valence-electron chi connectivity index (χ0n) is 17.7. The molecule has 1 rings (SSSR count). The Labute approximate surface area is 165 Å². The summed E-state index contributed by atoms with van der Waals surface area (Å²) >= 11 is 0. The van der Waals surface area contributed by atoms with E-state index in [1.54, 1.807) is 0 Å². The third-order valence-electron chi connectivity index (χ3n) is 5.24. The Morgan fingerprint density at radius 3 is 1.52 bits per heavy atom. The van der Waals surface area contributed by atoms with Crippen molar-refractivity contribution in [2.24, 2.45) is 0 Å². The minimum Gasteiger partial charge on any atom is -0.488 e. The normalized spacial score (nSPS) is 11.2. The van der Waals surface area contributed by atoms with E-state index in [0.29, 0.717) is 12.3 Å². The van der Waals surface area contributed by atoms with Crippen LogP contribution in [0.5, 0.6) is 5.75 Å². The van der Waals surface area contributed by atoms with Gasteiger partial charge >= 0.3 is 0 Å². The Morgan fingerprint density at radius 1 is 0.630 bits per heavy atom. The van der Waals surface area contributed by atoms with E-state index in [2.05, 4.69) is 12.2 Å². The number of unbranched alkanes of at least 4 members (excludes halogenated alkanes) is 14. The van der Waals surface area contributed by atoms with E-state index in [0.717, 1.165) is 13.0 Å². The molecule has 27 heavy (non-hydrogen) atoms. The average Bonchev–Trinajstić information content (AvgIpc) is 2.68. The Kier molecular flexibility index (Phi) is 13.8. The molecule has 0 fully saturated rings. The smallest absolute Gasteiger partial charge is 0.272 e. The van der Waals surface area contributed by atoms with Crippen LogP contribution in [-0.4, -0.2) is 13.2 Å². The molecule has 0 aromatic heterocycles. The van der Waals surface area contributed by atoms with E-state index in [9.17, 15) is 9.59 Å². The highest BCUT2D eigenvalue weighted by Crippen LogP contribution is 2.17. The highest BCUT2D eigenvalue weighted by atomic mass is 16.5. The molecule has 0 spiro atoms. The molecule has 0 radical (unpaired) electrons. The van der Waals surface area contributed by atoms with Crippen molar-refractivity contribution in [2.75, 3.05) is 18.5 Å². The first-order valence-electron chi connectivity index (χ1n) is 11.4. The van der Waals surface area contributed by atoms with Crippen LogP contribution in [0, 0.1) is 0 Å². The van der Waals surface area contributed by atoms with Gasteiger partial charge in [0.1, 0.15) is 5.69 Å². The minimum atomic E-state index is -0.490. The van der Waals surface area contributed by atoms with Crippen LogP contribution in [0.1, 0.15) is 110 Å². The lowest BCUT2D eigenvalue weighted by molar-refractivity contribution is 0.334. The second-order valence-electron chi connectivity index (χ2n) is 7.67. The highest BCUT2D eigenvalue weighted by molar-refractivity contribution is 5.61. The summed E-state index contributed by atoms with van der Waals surface area (Å²) in [5, 5.41) is 3.07. The topological polar surface area (TPSA) is 55.4 Å². The summed E-state index contributed by atoms with van der Waals surface area (Å²) in [6.45, 7) is 5.24. The third kappa shape index (κ3) is 9.97. The van der Waals surface area contributed by atoms with Crippen LogP contribution in [0.15, 0.2) is 9.59 Å². The van der Waals surface area contributed by atoms with E-state index < -0.39 is 10.9 Å². The molecule has 4 nitrogen and oxygen atoms in total. The van der Waals surface area contributed by atoms with E-state index in [4.69, 9.17) is 4.74 Å². The number of hydrogen-bond donors (Lipinski definition) is 1. The van der Waals surface area contributed by atoms with Crippen molar-refractivity contribution in [1.82, 2.24) is 0 Å². The van der Waals surface area contributed by atoms with E-state index in [1.807, 2.05) is 6.92 Å². The molecule has 0 saturated carbocycles. The van der Waals surface area contributed by atoms with Crippen molar-refractivity contribution in [3.8, 4) is 5.75 Å². The van der Waals surface area contributed by atoms with Gasteiger partial charge in [0.05, 0.1) is 6.61 Å². The zero-order valence-corrected chi connectivity index (χ0v) is 17.7. The lowest BCUT2D eigenvalue weighted by atomic mass is 10.0. The summed E-state index contributed by atoms with van der Waals surface area (Å²) in [5.74, 6) is 0.225. The minimum absolute atomic E-state index is 0.225. The standard InChI is InChI=1S/C23H41NO3/c1-3-5-6-7-8-9-10-11-12-13-14-15-16-17-18-19-24-20-21(25)22(26)23(20)27-4-2/h24H,3-19H2,1-2H3. The molecule has 0 heterocycles. The fourth-order valence-corrected chi connectivity index (χ4v) is 3.52. The fourth-order valence-electron chi connectivity index (χ4n) is 3.52. The predicted octanol–water partition coefficient (Wildman–Crippen LogP) is 5.96. The van der Waals surface area contributed by atoms with Gasteiger partial charge in [-0.3, -0.25) is 9.59 Å². The second-order valence-corrected chi connectivity index (χ2v) is 7.67. The van der Waals surface area contributed by atoms with E-state index >= 15 is 0 Å². The maximum atomic E-state index is 11.5. The molecule has 0 aliphatic rings. The second kappa shape index (κ2) is 15.7. The number of hydrogen-bond acceptors (Lipinski definition) is 4. The van der Waals surface area contributed by atoms with Gasteiger partial charge in [-0.2, -0.15) is 0 Å². The van der Waals surface area contributed by atoms with Crippen LogP contribution < -0.4 is 20.9 Å². The number of anilines is 1. The summed E-state index contributed by atoms with van der Waals surface area (Å²) < 4.78 is 5.20. The first-order chi connectivity index (χ1) is 13.2. The Balaban J connectivity index is 1.84. The molecule has 156 valence electrons. The molecular weight excluding hydrogens is 338 g/mol. The van der Waals surface area contributed by atoms with Crippen molar-refractivity contribution in [3.05, 3.63) is 20.4 Å². The maximum Gasteiger partial charge on any atom is 0.272 e. The summed E-state index contributed by atoms with van der Waals surface area (Å²) in [7, 11) is 0. The summed E-state index contributed by atoms with van der Waals surface area (Å²) in [6.07, 6.45) is 20.1. The van der Waals surface area contributed by atoms with Crippen molar-refractivity contribution in [1.29, 1.82) is 0 Å². The molecule has 1 aromatic carbocycles. The van der Waals surface area contributed by atoms with Gasteiger partial charge < -0.3 is 10.1 Å². The van der Waals surface area contributed by atoms with Crippen molar-refractivity contribution < 1.29 is 4.74 Å². The molecule has 0 saturated heterocycles. The lowest BCUT2D eigenvalue weighted by Crippen LogP contribution is -2.36. The first-order valence-corrected chi connectivity index (χ1v) is 11.4. The molecule has 0 aliphatic heterocycles. The SMILES string of the molecule is CCCCCCCCCCCCCCCCCNc1c(OCC)c(=O)c1=O. The fraction of sp³-hybridized carbons (Fsp3) is 0.826. The molecule has 0 amide bonds. The third-order valence-corrected chi connectivity index (χ3v) is 5.24. The van der Waals surface area contributed by atoms with Gasteiger partial charge in [0.25, 0.3) is 10.9 Å². The van der Waals surface area contributed by atoms with Crippen molar-refractivity contribution in [2.45, 2.75) is 110 Å². The van der Waals surface area contributed by atoms with Crippen molar-refractivity contribution in [3.63, 3.8) is 0 Å².